The Morgan fingerprint density at radius 1 is 1.04 bits per heavy atom. The average molecular weight is 359 g/mol. The van der Waals surface area contributed by atoms with Crippen LogP contribution in [0.15, 0.2) is 48.5 Å². The number of halogens is 1. The molecule has 4 rings (SSSR count). The summed E-state index contributed by atoms with van der Waals surface area (Å²) in [5.74, 6) is -0.641. The summed E-state index contributed by atoms with van der Waals surface area (Å²) in [5.41, 5.74) is 1.58. The van der Waals surface area contributed by atoms with Crippen LogP contribution in [0.25, 0.3) is 0 Å². The Labute approximate surface area is 149 Å². The normalized spacial score (nSPS) is 25.0. The number of carbonyl (C=O) groups is 2. The number of ether oxygens (including phenoxy) is 1. The fourth-order valence-electron chi connectivity index (χ4n) is 3.29. The van der Waals surface area contributed by atoms with Crippen LogP contribution in [-0.2, 0) is 14.4 Å². The van der Waals surface area contributed by atoms with Crippen molar-refractivity contribution in [3.63, 3.8) is 0 Å². The first-order valence-corrected chi connectivity index (χ1v) is 8.16. The maximum Gasteiger partial charge on any atom is 0.259 e. The van der Waals surface area contributed by atoms with E-state index in [1.54, 1.807) is 36.4 Å². The highest BCUT2D eigenvalue weighted by atomic mass is 35.5. The largest absolute Gasteiger partial charge is 0.497 e. The van der Waals surface area contributed by atoms with Crippen LogP contribution in [0.3, 0.4) is 0 Å². The second-order valence-electron chi connectivity index (χ2n) is 5.93. The molecular weight excluding hydrogens is 344 g/mol. The van der Waals surface area contributed by atoms with E-state index >= 15 is 0 Å². The fourth-order valence-corrected chi connectivity index (χ4v) is 3.41. The van der Waals surface area contributed by atoms with Crippen LogP contribution >= 0.6 is 11.6 Å². The van der Waals surface area contributed by atoms with Crippen LogP contribution < -0.4 is 15.1 Å². The first kappa shape index (κ1) is 15.9. The summed E-state index contributed by atoms with van der Waals surface area (Å²) in [4.78, 5) is 30.2. The molecule has 2 fully saturated rings. The monoisotopic (exact) mass is 358 g/mol. The van der Waals surface area contributed by atoms with Crippen molar-refractivity contribution in [2.45, 2.75) is 12.1 Å². The molecule has 0 spiro atoms. The highest BCUT2D eigenvalue weighted by Gasteiger charge is 2.56. The van der Waals surface area contributed by atoms with Gasteiger partial charge < -0.3 is 4.74 Å². The van der Waals surface area contributed by atoms with Gasteiger partial charge in [-0.3, -0.25) is 19.7 Å². The van der Waals surface area contributed by atoms with Crippen molar-refractivity contribution in [3.8, 4) is 5.75 Å². The quantitative estimate of drug-likeness (QED) is 0.854. The van der Waals surface area contributed by atoms with Crippen molar-refractivity contribution in [2.75, 3.05) is 12.2 Å². The molecule has 7 heteroatoms. The first-order chi connectivity index (χ1) is 12.1. The minimum absolute atomic E-state index is 0.327. The van der Waals surface area contributed by atoms with Gasteiger partial charge in [0, 0.05) is 5.02 Å². The number of rotatable bonds is 3. The number of imide groups is 1. The molecule has 0 aliphatic carbocycles. The van der Waals surface area contributed by atoms with Crippen LogP contribution in [0, 0.1) is 5.92 Å². The third kappa shape index (κ3) is 2.63. The first-order valence-electron chi connectivity index (χ1n) is 7.79. The van der Waals surface area contributed by atoms with Gasteiger partial charge in [0.1, 0.15) is 11.7 Å². The second kappa shape index (κ2) is 6.06. The number of nitrogens with one attached hydrogen (secondary N) is 1. The Hall–Kier alpha value is -2.57. The summed E-state index contributed by atoms with van der Waals surface area (Å²) >= 11 is 5.96. The third-order valence-electron chi connectivity index (χ3n) is 4.49. The number of carbonyl (C=O) groups excluding carboxylic acids is 2. The Bertz CT molecular complexity index is 822. The molecule has 2 heterocycles. The number of hydrogen-bond acceptors (Lipinski definition) is 5. The van der Waals surface area contributed by atoms with Crippen molar-refractivity contribution < 1.29 is 19.2 Å². The molecule has 6 nitrogen and oxygen atoms in total. The number of benzene rings is 2. The molecule has 2 aromatic rings. The fraction of sp³-hybridized carbons (Fsp3) is 0.222. The van der Waals surface area contributed by atoms with Crippen LogP contribution in [0.1, 0.15) is 11.6 Å². The Morgan fingerprint density at radius 2 is 1.72 bits per heavy atom. The number of amides is 2. The van der Waals surface area contributed by atoms with Gasteiger partial charge in [-0.1, -0.05) is 23.7 Å². The van der Waals surface area contributed by atoms with Gasteiger partial charge in [-0.05, 0) is 42.0 Å². The van der Waals surface area contributed by atoms with E-state index < -0.39 is 24.0 Å². The minimum Gasteiger partial charge on any atom is -0.497 e. The van der Waals surface area contributed by atoms with Crippen LogP contribution in [0.2, 0.25) is 5.02 Å². The van der Waals surface area contributed by atoms with E-state index in [0.717, 1.165) is 11.3 Å². The summed E-state index contributed by atoms with van der Waals surface area (Å²) in [6.45, 7) is 0. The number of methoxy groups -OCH3 is 1. The van der Waals surface area contributed by atoms with Gasteiger partial charge >= 0.3 is 0 Å². The number of anilines is 1. The van der Waals surface area contributed by atoms with Gasteiger partial charge in [0.2, 0.25) is 5.91 Å². The lowest BCUT2D eigenvalue weighted by Gasteiger charge is -2.27. The predicted octanol–water partition coefficient (Wildman–Crippen LogP) is 2.48. The van der Waals surface area contributed by atoms with Gasteiger partial charge in [-0.25, -0.2) is 5.06 Å². The van der Waals surface area contributed by atoms with Gasteiger partial charge in [0.25, 0.3) is 5.91 Å². The number of nitrogens with zero attached hydrogens (tertiary/aromatic N) is 1. The summed E-state index contributed by atoms with van der Waals surface area (Å²) in [6.07, 6.45) is -0.838. The summed E-state index contributed by atoms with van der Waals surface area (Å²) in [5, 5.41) is 4.56. The van der Waals surface area contributed by atoms with Crippen molar-refractivity contribution in [1.82, 2.24) is 5.32 Å². The van der Waals surface area contributed by atoms with Crippen LogP contribution in [0.5, 0.6) is 5.75 Å². The summed E-state index contributed by atoms with van der Waals surface area (Å²) in [7, 11) is 1.59. The molecule has 2 amide bonds. The molecular formula is C18H15ClN2O4. The molecule has 2 aliphatic heterocycles. The van der Waals surface area contributed by atoms with E-state index in [2.05, 4.69) is 5.32 Å². The van der Waals surface area contributed by atoms with E-state index in [-0.39, 0.29) is 5.91 Å². The minimum atomic E-state index is -0.838. The molecule has 0 radical (unpaired) electrons. The number of hydrogen-bond donors (Lipinski definition) is 1. The van der Waals surface area contributed by atoms with Gasteiger partial charge in [0.15, 0.2) is 6.10 Å². The lowest BCUT2D eigenvalue weighted by atomic mass is 9.90. The third-order valence-corrected chi connectivity index (χ3v) is 4.74. The lowest BCUT2D eigenvalue weighted by Crippen LogP contribution is -2.33. The van der Waals surface area contributed by atoms with E-state index in [0.29, 0.717) is 10.8 Å². The van der Waals surface area contributed by atoms with Crippen LogP contribution in [0.4, 0.5) is 5.69 Å². The summed E-state index contributed by atoms with van der Waals surface area (Å²) < 4.78 is 5.19. The van der Waals surface area contributed by atoms with Crippen LogP contribution in [-0.4, -0.2) is 25.0 Å². The highest BCUT2D eigenvalue weighted by molar-refractivity contribution is 6.30. The Morgan fingerprint density at radius 3 is 2.36 bits per heavy atom. The zero-order chi connectivity index (χ0) is 17.6. The van der Waals surface area contributed by atoms with Gasteiger partial charge in [0.05, 0.1) is 18.8 Å². The highest BCUT2D eigenvalue weighted by Crippen LogP contribution is 2.44. The smallest absolute Gasteiger partial charge is 0.259 e. The van der Waals surface area contributed by atoms with E-state index in [1.807, 2.05) is 24.3 Å². The van der Waals surface area contributed by atoms with Crippen molar-refractivity contribution in [2.24, 2.45) is 5.92 Å². The molecule has 25 heavy (non-hydrogen) atoms. The molecule has 128 valence electrons. The molecule has 2 aliphatic rings. The molecule has 0 saturated carbocycles. The molecule has 0 aromatic heterocycles. The Balaban J connectivity index is 1.77. The summed E-state index contributed by atoms with van der Waals surface area (Å²) in [6, 6.07) is 14.0. The average Bonchev–Trinajstić information content (AvgIpc) is 3.14. The topological polar surface area (TPSA) is 67.9 Å². The molecule has 2 saturated heterocycles. The molecule has 3 atom stereocenters. The van der Waals surface area contributed by atoms with E-state index in [4.69, 9.17) is 21.2 Å². The number of fused-ring (bicyclic) bond motifs is 1. The SMILES string of the molecule is COc1ccc([C@@H]2[C@@H]3C(=O)NC(=O)[C@@H]3ON2c2ccc(Cl)cc2)cc1. The van der Waals surface area contributed by atoms with Crippen molar-refractivity contribution in [1.29, 1.82) is 0 Å². The number of hydroxylamine groups is 1. The maximum atomic E-state index is 12.3. The molecule has 0 unspecified atom stereocenters. The second-order valence-corrected chi connectivity index (χ2v) is 6.36. The lowest BCUT2D eigenvalue weighted by molar-refractivity contribution is -0.129. The maximum absolute atomic E-state index is 12.3. The van der Waals surface area contributed by atoms with Crippen molar-refractivity contribution >= 4 is 29.1 Å². The molecule has 2 aromatic carbocycles. The van der Waals surface area contributed by atoms with E-state index in [9.17, 15) is 9.59 Å². The Kier molecular flexibility index (Phi) is 3.86. The van der Waals surface area contributed by atoms with E-state index in [1.165, 1.54) is 0 Å². The molecule has 0 bridgehead atoms. The van der Waals surface area contributed by atoms with Gasteiger partial charge in [-0.2, -0.15) is 0 Å². The zero-order valence-electron chi connectivity index (χ0n) is 13.3. The van der Waals surface area contributed by atoms with Gasteiger partial charge in [-0.15, -0.1) is 0 Å². The van der Waals surface area contributed by atoms with Crippen molar-refractivity contribution in [3.05, 3.63) is 59.1 Å². The molecule has 1 N–H and O–H groups in total. The predicted molar refractivity (Wildman–Crippen MR) is 91.2 cm³/mol. The zero-order valence-corrected chi connectivity index (χ0v) is 14.1. The standard InChI is InChI=1S/C18H15ClN2O4/c1-24-13-8-2-10(3-9-13)15-14-16(18(23)20-17(14)22)25-21(15)12-6-4-11(19)5-7-12/h2-9,14-16H,1H3,(H,20,22,23)/t14-,15+,16+/m0/s1.